The van der Waals surface area contributed by atoms with Gasteiger partial charge >= 0.3 is 11.9 Å². The van der Waals surface area contributed by atoms with Gasteiger partial charge in [-0.25, -0.2) is 0 Å². The van der Waals surface area contributed by atoms with Gasteiger partial charge in [0.05, 0.1) is 40.3 Å². The van der Waals surface area contributed by atoms with Crippen molar-refractivity contribution in [1.29, 1.82) is 0 Å². The Morgan fingerprint density at radius 1 is 0.464 bits per heavy atom. The number of aliphatic carboxylic acids is 1. The second-order valence-corrected chi connectivity index (χ2v) is 17.7. The third-order valence-corrected chi connectivity index (χ3v) is 11.2. The highest BCUT2D eigenvalue weighted by molar-refractivity contribution is 5.70. The van der Waals surface area contributed by atoms with Crippen molar-refractivity contribution in [2.75, 3.05) is 41.0 Å². The topological polar surface area (TPSA) is 102 Å². The number of esters is 2. The number of hydrogen-bond donors (Lipinski definition) is 0. The average molecular weight is 796 g/mol. The van der Waals surface area contributed by atoms with Crippen LogP contribution in [0.3, 0.4) is 0 Å². The number of likely N-dealkylation sites (N-methyl/N-ethyl adjacent to an activating group) is 1. The van der Waals surface area contributed by atoms with Crippen LogP contribution >= 0.6 is 0 Å². The summed E-state index contributed by atoms with van der Waals surface area (Å²) in [7, 11) is 5.42. The van der Waals surface area contributed by atoms with Crippen LogP contribution in [0, 0.1) is 0 Å². The smallest absolute Gasteiger partial charge is 0.306 e. The molecule has 0 aromatic rings. The molecule has 0 saturated heterocycles. The van der Waals surface area contributed by atoms with E-state index in [2.05, 4.69) is 13.8 Å². The van der Waals surface area contributed by atoms with Gasteiger partial charge in [-0.3, -0.25) is 9.59 Å². The van der Waals surface area contributed by atoms with E-state index >= 15 is 0 Å². The number of carboxylic acids is 1. The van der Waals surface area contributed by atoms with Crippen molar-refractivity contribution >= 4 is 17.9 Å². The Hall–Kier alpha value is -1.67. The van der Waals surface area contributed by atoms with E-state index in [-0.39, 0.29) is 42.7 Å². The van der Waals surface area contributed by atoms with Crippen LogP contribution in [-0.2, 0) is 28.6 Å². The van der Waals surface area contributed by atoms with Crippen molar-refractivity contribution in [3.63, 3.8) is 0 Å². The summed E-state index contributed by atoms with van der Waals surface area (Å²) in [6.07, 6.45) is 41.2. The molecule has 56 heavy (non-hydrogen) atoms. The molecule has 0 aliphatic rings. The third kappa shape index (κ3) is 37.9. The quantitative estimate of drug-likeness (QED) is 0.0344. The highest BCUT2D eigenvalue weighted by Crippen LogP contribution is 2.17. The molecule has 0 fully saturated rings. The van der Waals surface area contributed by atoms with Crippen LogP contribution in [0.15, 0.2) is 0 Å². The van der Waals surface area contributed by atoms with Gasteiger partial charge in [-0.1, -0.05) is 206 Å². The van der Waals surface area contributed by atoms with Crippen LogP contribution in [0.2, 0.25) is 0 Å². The Morgan fingerprint density at radius 2 is 0.786 bits per heavy atom. The molecule has 0 radical (unpaired) electrons. The molecule has 0 spiro atoms. The standard InChI is InChI=1S/C48H93NO7/c1-6-8-10-12-14-16-18-20-22-23-25-26-28-30-32-34-36-38-46(50)55-43-44(42-54-41-40-45(48(52)53)49(3,4)5)56-47(51)39-37-35-33-31-29-27-24-21-19-17-15-13-11-9-7-2/h44-45H,6-43H2,1-5H3. The summed E-state index contributed by atoms with van der Waals surface area (Å²) in [5.74, 6) is -1.71. The zero-order valence-electron chi connectivity index (χ0n) is 37.8. The minimum Gasteiger partial charge on any atom is -0.544 e. The normalized spacial score (nSPS) is 12.8. The molecule has 8 nitrogen and oxygen atoms in total. The molecule has 0 amide bonds. The summed E-state index contributed by atoms with van der Waals surface area (Å²) in [5.41, 5.74) is 0. The van der Waals surface area contributed by atoms with Gasteiger partial charge < -0.3 is 28.6 Å². The first-order valence-electron chi connectivity index (χ1n) is 24.1. The molecule has 0 bridgehead atoms. The number of carbonyl (C=O) groups is 3. The second-order valence-electron chi connectivity index (χ2n) is 17.7. The average Bonchev–Trinajstić information content (AvgIpc) is 3.15. The van der Waals surface area contributed by atoms with Crippen LogP contribution in [0.25, 0.3) is 0 Å². The Morgan fingerprint density at radius 3 is 1.11 bits per heavy atom. The summed E-state index contributed by atoms with van der Waals surface area (Å²) in [6.45, 7) is 4.71. The lowest BCUT2D eigenvalue weighted by atomic mass is 10.0. The van der Waals surface area contributed by atoms with Crippen molar-refractivity contribution in [3.05, 3.63) is 0 Å². The zero-order chi connectivity index (χ0) is 41.4. The molecular formula is C48H93NO7. The Bertz CT molecular complexity index is 889. The van der Waals surface area contributed by atoms with Gasteiger partial charge in [-0.05, 0) is 12.8 Å². The second kappa shape index (κ2) is 40.1. The van der Waals surface area contributed by atoms with Crippen LogP contribution in [0.5, 0.6) is 0 Å². The fraction of sp³-hybridized carbons (Fsp3) is 0.938. The van der Waals surface area contributed by atoms with Crippen molar-refractivity contribution in [1.82, 2.24) is 0 Å². The summed E-state index contributed by atoms with van der Waals surface area (Å²) in [4.78, 5) is 36.9. The fourth-order valence-corrected chi connectivity index (χ4v) is 7.49. The molecule has 2 unspecified atom stereocenters. The van der Waals surface area contributed by atoms with E-state index in [0.717, 1.165) is 38.5 Å². The molecule has 0 aromatic heterocycles. The predicted octanol–water partition coefficient (Wildman–Crippen LogP) is 12.0. The van der Waals surface area contributed by atoms with Crippen LogP contribution < -0.4 is 5.11 Å². The maximum absolute atomic E-state index is 12.7. The van der Waals surface area contributed by atoms with E-state index in [9.17, 15) is 19.5 Å². The molecule has 8 heteroatoms. The van der Waals surface area contributed by atoms with E-state index in [1.165, 1.54) is 167 Å². The third-order valence-electron chi connectivity index (χ3n) is 11.2. The van der Waals surface area contributed by atoms with Crippen molar-refractivity contribution in [3.8, 4) is 0 Å². The summed E-state index contributed by atoms with van der Waals surface area (Å²) >= 11 is 0. The van der Waals surface area contributed by atoms with Crippen molar-refractivity contribution in [2.45, 2.75) is 251 Å². The number of unbranched alkanes of at least 4 members (excludes halogenated alkanes) is 30. The van der Waals surface area contributed by atoms with Gasteiger partial charge in [0, 0.05) is 19.3 Å². The van der Waals surface area contributed by atoms with Gasteiger partial charge in [0.25, 0.3) is 0 Å². The number of nitrogens with zero attached hydrogens (tertiary/aromatic N) is 1. The van der Waals surface area contributed by atoms with Gasteiger partial charge in [0.15, 0.2) is 6.10 Å². The summed E-state index contributed by atoms with van der Waals surface area (Å²) in [6, 6.07) is -0.719. The van der Waals surface area contributed by atoms with E-state index in [1.807, 2.05) is 21.1 Å². The number of hydrogen-bond acceptors (Lipinski definition) is 7. The first kappa shape index (κ1) is 54.3. The molecule has 0 aromatic carbocycles. The minimum absolute atomic E-state index is 0.0495. The molecule has 0 aliphatic carbocycles. The fourth-order valence-electron chi connectivity index (χ4n) is 7.49. The molecule has 2 atom stereocenters. The number of ether oxygens (including phenoxy) is 3. The lowest BCUT2D eigenvalue weighted by Crippen LogP contribution is -2.55. The highest BCUT2D eigenvalue weighted by Gasteiger charge is 2.25. The van der Waals surface area contributed by atoms with Crippen molar-refractivity contribution in [2.24, 2.45) is 0 Å². The van der Waals surface area contributed by atoms with Crippen LogP contribution in [0.4, 0.5) is 0 Å². The Balaban J connectivity index is 4.24. The Labute approximate surface area is 346 Å². The van der Waals surface area contributed by atoms with E-state index in [0.29, 0.717) is 12.8 Å². The summed E-state index contributed by atoms with van der Waals surface area (Å²) < 4.78 is 17.2. The van der Waals surface area contributed by atoms with E-state index in [4.69, 9.17) is 14.2 Å². The van der Waals surface area contributed by atoms with Gasteiger partial charge in [-0.15, -0.1) is 0 Å². The molecule has 0 heterocycles. The van der Waals surface area contributed by atoms with Gasteiger partial charge in [-0.2, -0.15) is 0 Å². The first-order chi connectivity index (χ1) is 27.1. The predicted molar refractivity (Wildman–Crippen MR) is 231 cm³/mol. The molecule has 0 aliphatic heterocycles. The van der Waals surface area contributed by atoms with Crippen LogP contribution in [0.1, 0.15) is 239 Å². The lowest BCUT2D eigenvalue weighted by molar-refractivity contribution is -0.889. The number of quaternary nitrogens is 1. The summed E-state index contributed by atoms with van der Waals surface area (Å²) in [5, 5.41) is 11.6. The number of carboxylic acid groups (broad SMARTS) is 1. The zero-order valence-corrected chi connectivity index (χ0v) is 37.8. The minimum atomic E-state index is -1.12. The van der Waals surface area contributed by atoms with E-state index in [1.54, 1.807) is 0 Å². The molecule has 332 valence electrons. The Kier molecular flexibility index (Phi) is 38.9. The van der Waals surface area contributed by atoms with Gasteiger partial charge in [0.2, 0.25) is 0 Å². The largest absolute Gasteiger partial charge is 0.544 e. The van der Waals surface area contributed by atoms with Gasteiger partial charge in [0.1, 0.15) is 12.6 Å². The molecular weight excluding hydrogens is 703 g/mol. The molecule has 0 N–H and O–H groups in total. The van der Waals surface area contributed by atoms with Crippen molar-refractivity contribution < 1.29 is 38.2 Å². The number of rotatable bonds is 44. The first-order valence-corrected chi connectivity index (χ1v) is 24.1. The van der Waals surface area contributed by atoms with E-state index < -0.39 is 18.1 Å². The monoisotopic (exact) mass is 796 g/mol. The lowest BCUT2D eigenvalue weighted by Gasteiger charge is -2.34. The maximum atomic E-state index is 12.7. The SMILES string of the molecule is CCCCCCCCCCCCCCCCCCCC(=O)OCC(COCCC(C(=O)[O-])[N+](C)(C)C)OC(=O)CCCCCCCCCCCCCCCCC. The number of carbonyl (C=O) groups excluding carboxylic acids is 3. The maximum Gasteiger partial charge on any atom is 0.306 e. The highest BCUT2D eigenvalue weighted by atomic mass is 16.6. The molecule has 0 saturated carbocycles. The van der Waals surface area contributed by atoms with Crippen LogP contribution in [-0.4, -0.2) is 75.5 Å². The molecule has 0 rings (SSSR count).